The van der Waals surface area contributed by atoms with Crippen molar-refractivity contribution in [3.05, 3.63) is 59.1 Å². The van der Waals surface area contributed by atoms with Gasteiger partial charge in [0, 0.05) is 21.1 Å². The average molecular weight is 267 g/mol. The smallest absolute Gasteiger partial charge is 0.119 e. The van der Waals surface area contributed by atoms with Crippen LogP contribution in [0.5, 0.6) is 5.75 Å². The van der Waals surface area contributed by atoms with Crippen LogP contribution in [0.4, 0.5) is 0 Å². The van der Waals surface area contributed by atoms with Crippen LogP contribution >= 0.6 is 12.2 Å². The summed E-state index contributed by atoms with van der Waals surface area (Å²) in [5.41, 5.74) is 3.18. The van der Waals surface area contributed by atoms with Gasteiger partial charge >= 0.3 is 0 Å². The molecule has 0 radical (unpaired) electrons. The monoisotopic (exact) mass is 267 g/mol. The van der Waals surface area contributed by atoms with Crippen molar-refractivity contribution in [3.63, 3.8) is 0 Å². The third-order valence-corrected chi connectivity index (χ3v) is 3.46. The highest BCUT2D eigenvalue weighted by Gasteiger charge is 2.03. The van der Waals surface area contributed by atoms with Gasteiger partial charge < -0.3 is 9.72 Å². The van der Waals surface area contributed by atoms with Crippen LogP contribution < -0.4 is 4.74 Å². The largest absolute Gasteiger partial charge is 0.497 e. The normalized spacial score (nSPS) is 10.6. The molecule has 1 N–H and O–H groups in total. The number of rotatable bonds is 2. The number of aromatic amines is 1. The lowest BCUT2D eigenvalue weighted by molar-refractivity contribution is 0.415. The van der Waals surface area contributed by atoms with E-state index >= 15 is 0 Å². The standard InChI is InChI=1S/C16H13NOS/c1-18-12-7-8-14-13(9-12)16(19)10-15(17-14)11-5-3-2-4-6-11/h2-10H,1H3,(H,17,19). The van der Waals surface area contributed by atoms with Crippen LogP contribution in [0.2, 0.25) is 0 Å². The van der Waals surface area contributed by atoms with Gasteiger partial charge in [0.05, 0.1) is 7.11 Å². The van der Waals surface area contributed by atoms with E-state index in [0.29, 0.717) is 0 Å². The fourth-order valence-corrected chi connectivity index (χ4v) is 2.41. The Kier molecular flexibility index (Phi) is 3.05. The van der Waals surface area contributed by atoms with E-state index in [1.807, 2.05) is 42.5 Å². The summed E-state index contributed by atoms with van der Waals surface area (Å²) in [6, 6.07) is 18.1. The molecule has 0 aliphatic heterocycles. The molecule has 0 amide bonds. The van der Waals surface area contributed by atoms with Crippen molar-refractivity contribution in [2.45, 2.75) is 0 Å². The molecule has 0 aliphatic carbocycles. The summed E-state index contributed by atoms with van der Waals surface area (Å²) >= 11 is 5.47. The van der Waals surface area contributed by atoms with Gasteiger partial charge in [-0.15, -0.1) is 0 Å². The van der Waals surface area contributed by atoms with Crippen LogP contribution in [-0.4, -0.2) is 12.1 Å². The lowest BCUT2D eigenvalue weighted by atomic mass is 10.1. The number of hydrogen-bond acceptors (Lipinski definition) is 2. The van der Waals surface area contributed by atoms with Crippen molar-refractivity contribution in [1.29, 1.82) is 0 Å². The number of benzene rings is 2. The van der Waals surface area contributed by atoms with Crippen LogP contribution in [0.3, 0.4) is 0 Å². The van der Waals surface area contributed by atoms with Gasteiger partial charge in [-0.05, 0) is 29.8 Å². The van der Waals surface area contributed by atoms with Gasteiger partial charge in [0.2, 0.25) is 0 Å². The number of fused-ring (bicyclic) bond motifs is 1. The number of ether oxygens (including phenoxy) is 1. The van der Waals surface area contributed by atoms with Crippen molar-refractivity contribution < 1.29 is 4.74 Å². The third kappa shape index (κ3) is 2.25. The van der Waals surface area contributed by atoms with Crippen LogP contribution in [-0.2, 0) is 0 Å². The molecule has 0 atom stereocenters. The first-order valence-corrected chi connectivity index (χ1v) is 6.45. The van der Waals surface area contributed by atoms with E-state index in [4.69, 9.17) is 17.0 Å². The molecule has 3 rings (SSSR count). The molecule has 2 aromatic carbocycles. The molecule has 2 nitrogen and oxygen atoms in total. The number of aromatic nitrogens is 1. The Labute approximate surface area is 116 Å². The van der Waals surface area contributed by atoms with E-state index in [2.05, 4.69) is 17.1 Å². The number of hydrogen-bond donors (Lipinski definition) is 1. The van der Waals surface area contributed by atoms with E-state index in [-0.39, 0.29) is 0 Å². The van der Waals surface area contributed by atoms with Crippen molar-refractivity contribution in [2.24, 2.45) is 0 Å². The number of pyridine rings is 1. The molecule has 3 heteroatoms. The lowest BCUT2D eigenvalue weighted by Gasteiger charge is -2.07. The molecule has 0 saturated heterocycles. The predicted molar refractivity (Wildman–Crippen MR) is 81.1 cm³/mol. The number of H-pyrrole nitrogens is 1. The third-order valence-electron chi connectivity index (χ3n) is 3.12. The molecule has 0 bridgehead atoms. The van der Waals surface area contributed by atoms with Crippen LogP contribution in [0.1, 0.15) is 0 Å². The summed E-state index contributed by atoms with van der Waals surface area (Å²) in [5.74, 6) is 0.819. The highest BCUT2D eigenvalue weighted by atomic mass is 32.1. The van der Waals surface area contributed by atoms with Crippen LogP contribution in [0, 0.1) is 4.51 Å². The maximum Gasteiger partial charge on any atom is 0.119 e. The van der Waals surface area contributed by atoms with Crippen molar-refractivity contribution in [3.8, 4) is 17.0 Å². The summed E-state index contributed by atoms with van der Waals surface area (Å²) in [5, 5.41) is 1.01. The van der Waals surface area contributed by atoms with Crippen LogP contribution in [0.25, 0.3) is 22.2 Å². The van der Waals surface area contributed by atoms with Crippen LogP contribution in [0.15, 0.2) is 54.6 Å². The molecule has 3 aromatic rings. The number of nitrogens with one attached hydrogen (secondary N) is 1. The second-order valence-electron chi connectivity index (χ2n) is 4.32. The zero-order valence-electron chi connectivity index (χ0n) is 10.5. The topological polar surface area (TPSA) is 25.0 Å². The number of methoxy groups -OCH3 is 1. The van der Waals surface area contributed by atoms with Gasteiger partial charge in [0.1, 0.15) is 5.75 Å². The van der Waals surface area contributed by atoms with Gasteiger partial charge in [-0.2, -0.15) is 0 Å². The predicted octanol–water partition coefficient (Wildman–Crippen LogP) is 4.57. The Hall–Kier alpha value is -2.13. The molecule has 1 aromatic heterocycles. The van der Waals surface area contributed by atoms with Gasteiger partial charge in [-0.25, -0.2) is 0 Å². The van der Waals surface area contributed by atoms with Gasteiger partial charge in [0.25, 0.3) is 0 Å². The van der Waals surface area contributed by atoms with E-state index < -0.39 is 0 Å². The summed E-state index contributed by atoms with van der Waals surface area (Å²) in [7, 11) is 1.66. The minimum Gasteiger partial charge on any atom is -0.497 e. The lowest BCUT2D eigenvalue weighted by Crippen LogP contribution is -1.88. The maximum atomic E-state index is 5.47. The Morgan fingerprint density at radius 1 is 1.00 bits per heavy atom. The Balaban J connectivity index is 2.23. The second kappa shape index (κ2) is 4.86. The molecule has 1 heterocycles. The molecule has 94 valence electrons. The molecule has 0 saturated carbocycles. The molecule has 0 fully saturated rings. The first kappa shape index (κ1) is 11.9. The first-order chi connectivity index (χ1) is 9.28. The fraction of sp³-hybridized carbons (Fsp3) is 0.0625. The summed E-state index contributed by atoms with van der Waals surface area (Å²) in [4.78, 5) is 3.41. The SMILES string of the molecule is COc1ccc2[nH]c(-c3ccccc3)cc(=S)c2c1. The quantitative estimate of drug-likeness (QED) is 0.688. The highest BCUT2D eigenvalue weighted by Crippen LogP contribution is 2.25. The van der Waals surface area contributed by atoms with E-state index in [1.54, 1.807) is 7.11 Å². The minimum absolute atomic E-state index is 0.819. The van der Waals surface area contributed by atoms with Gasteiger partial charge in [-0.3, -0.25) is 0 Å². The Bertz CT molecular complexity index is 778. The molecule has 0 unspecified atom stereocenters. The molecule has 0 spiro atoms. The van der Waals surface area contributed by atoms with Crippen molar-refractivity contribution in [2.75, 3.05) is 7.11 Å². The molecular weight excluding hydrogens is 254 g/mol. The summed E-state index contributed by atoms with van der Waals surface area (Å²) < 4.78 is 6.06. The van der Waals surface area contributed by atoms with Crippen molar-refractivity contribution in [1.82, 2.24) is 4.98 Å². The Morgan fingerprint density at radius 2 is 1.79 bits per heavy atom. The van der Waals surface area contributed by atoms with E-state index in [0.717, 1.165) is 32.4 Å². The molecule has 0 aliphatic rings. The van der Waals surface area contributed by atoms with E-state index in [1.165, 1.54) is 0 Å². The molecule has 19 heavy (non-hydrogen) atoms. The zero-order valence-corrected chi connectivity index (χ0v) is 11.3. The molecular formula is C16H13NOS. The first-order valence-electron chi connectivity index (χ1n) is 6.04. The average Bonchev–Trinajstić information content (AvgIpc) is 2.48. The van der Waals surface area contributed by atoms with Gasteiger partial charge in [0.15, 0.2) is 0 Å². The fourth-order valence-electron chi connectivity index (χ4n) is 2.13. The zero-order chi connectivity index (χ0) is 13.2. The minimum atomic E-state index is 0.819. The second-order valence-corrected chi connectivity index (χ2v) is 4.76. The summed E-state index contributed by atoms with van der Waals surface area (Å²) in [6.07, 6.45) is 0. The maximum absolute atomic E-state index is 5.47. The highest BCUT2D eigenvalue weighted by molar-refractivity contribution is 7.71. The van der Waals surface area contributed by atoms with E-state index in [9.17, 15) is 0 Å². The summed E-state index contributed by atoms with van der Waals surface area (Å²) in [6.45, 7) is 0. The Morgan fingerprint density at radius 3 is 2.53 bits per heavy atom. The van der Waals surface area contributed by atoms with Crippen molar-refractivity contribution >= 4 is 23.1 Å². The van der Waals surface area contributed by atoms with Gasteiger partial charge in [-0.1, -0.05) is 42.5 Å².